The number of likely N-dealkylation sites (N-methyl/N-ethyl adjacent to an activating group) is 1. The summed E-state index contributed by atoms with van der Waals surface area (Å²) in [5.41, 5.74) is 0. The van der Waals surface area contributed by atoms with E-state index in [1.54, 1.807) is 0 Å². The summed E-state index contributed by atoms with van der Waals surface area (Å²) in [4.78, 5) is 13.4. The summed E-state index contributed by atoms with van der Waals surface area (Å²) in [5.74, 6) is 0.0618. The Hall–Kier alpha value is -0.650. The van der Waals surface area contributed by atoms with Gasteiger partial charge in [0, 0.05) is 19.6 Å². The second-order valence-electron chi connectivity index (χ2n) is 4.30. The molecule has 2 N–H and O–H groups in total. The molecule has 0 saturated heterocycles. The second kappa shape index (κ2) is 11.8. The number of hydrogen-bond donors (Lipinski definition) is 2. The van der Waals surface area contributed by atoms with E-state index in [4.69, 9.17) is 4.74 Å². The molecule has 0 saturated carbocycles. The highest BCUT2D eigenvalue weighted by Crippen LogP contribution is 1.82. The van der Waals surface area contributed by atoms with Crippen LogP contribution in [-0.4, -0.2) is 64.3 Å². The largest absolute Gasteiger partial charge is 0.379 e. The molecule has 0 aromatic rings. The average Bonchev–Trinajstić information content (AvgIpc) is 2.28. The molecule has 0 atom stereocenters. The number of rotatable bonds is 11. The van der Waals surface area contributed by atoms with Crippen LogP contribution in [-0.2, 0) is 9.53 Å². The lowest BCUT2D eigenvalue weighted by Crippen LogP contribution is -2.35. The quantitative estimate of drug-likeness (QED) is 0.506. The van der Waals surface area contributed by atoms with Crippen LogP contribution in [0.2, 0.25) is 0 Å². The number of carbonyl (C=O) groups is 1. The van der Waals surface area contributed by atoms with Crippen molar-refractivity contribution in [2.24, 2.45) is 0 Å². The maximum Gasteiger partial charge on any atom is 0.233 e. The molecule has 0 heterocycles. The van der Waals surface area contributed by atoms with Crippen LogP contribution in [0.3, 0.4) is 0 Å². The Labute approximate surface area is 105 Å². The van der Waals surface area contributed by atoms with Crippen molar-refractivity contribution in [3.8, 4) is 0 Å². The van der Waals surface area contributed by atoms with E-state index < -0.39 is 0 Å². The molecule has 0 bridgehead atoms. The zero-order valence-corrected chi connectivity index (χ0v) is 11.4. The van der Waals surface area contributed by atoms with E-state index in [1.807, 2.05) is 14.1 Å². The average molecular weight is 245 g/mol. The third kappa shape index (κ3) is 13.3. The summed E-state index contributed by atoms with van der Waals surface area (Å²) < 4.78 is 5.39. The first-order valence-corrected chi connectivity index (χ1v) is 6.36. The van der Waals surface area contributed by atoms with Gasteiger partial charge in [0.1, 0.15) is 0 Å². The van der Waals surface area contributed by atoms with E-state index in [0.717, 1.165) is 32.5 Å². The minimum atomic E-state index is 0.0618. The van der Waals surface area contributed by atoms with Gasteiger partial charge in [0.15, 0.2) is 0 Å². The van der Waals surface area contributed by atoms with Gasteiger partial charge in [-0.05, 0) is 20.5 Å². The molecule has 0 aliphatic rings. The zero-order chi connectivity index (χ0) is 12.9. The van der Waals surface area contributed by atoms with Gasteiger partial charge < -0.3 is 20.3 Å². The van der Waals surface area contributed by atoms with Gasteiger partial charge in [0.25, 0.3) is 0 Å². The van der Waals surface area contributed by atoms with Crippen molar-refractivity contribution in [1.29, 1.82) is 0 Å². The fourth-order valence-electron chi connectivity index (χ4n) is 1.16. The lowest BCUT2D eigenvalue weighted by atomic mass is 10.3. The van der Waals surface area contributed by atoms with E-state index in [2.05, 4.69) is 22.5 Å². The first-order chi connectivity index (χ1) is 8.16. The number of amides is 1. The van der Waals surface area contributed by atoms with E-state index in [0.29, 0.717) is 19.7 Å². The molecule has 0 rings (SSSR count). The lowest BCUT2D eigenvalue weighted by Gasteiger charge is -2.10. The summed E-state index contributed by atoms with van der Waals surface area (Å²) in [7, 11) is 4.03. The fraction of sp³-hybridized carbons (Fsp3) is 0.917. The molecule has 0 aliphatic heterocycles. The molecule has 0 aromatic heterocycles. The molecular weight excluding hydrogens is 218 g/mol. The molecule has 0 spiro atoms. The van der Waals surface area contributed by atoms with E-state index >= 15 is 0 Å². The minimum absolute atomic E-state index is 0.0618. The van der Waals surface area contributed by atoms with Crippen molar-refractivity contribution in [2.45, 2.75) is 19.8 Å². The monoisotopic (exact) mass is 245 g/mol. The van der Waals surface area contributed by atoms with Gasteiger partial charge in [-0.1, -0.05) is 13.3 Å². The number of nitrogens with zero attached hydrogens (tertiary/aromatic N) is 1. The Balaban J connectivity index is 3.14. The highest BCUT2D eigenvalue weighted by molar-refractivity contribution is 5.77. The molecule has 5 nitrogen and oxygen atoms in total. The normalized spacial score (nSPS) is 10.8. The molecule has 0 unspecified atom stereocenters. The molecular formula is C12H27N3O2. The van der Waals surface area contributed by atoms with Crippen LogP contribution in [0.25, 0.3) is 0 Å². The summed E-state index contributed by atoms with van der Waals surface area (Å²) in [5, 5.41) is 5.90. The molecule has 5 heteroatoms. The van der Waals surface area contributed by atoms with Crippen LogP contribution < -0.4 is 10.6 Å². The fourth-order valence-corrected chi connectivity index (χ4v) is 1.16. The summed E-state index contributed by atoms with van der Waals surface area (Å²) in [6.45, 7) is 6.28. The van der Waals surface area contributed by atoms with Crippen LogP contribution in [0, 0.1) is 0 Å². The number of unbranched alkanes of at least 4 members (excludes halogenated alkanes) is 1. The van der Waals surface area contributed by atoms with E-state index in [1.165, 1.54) is 0 Å². The predicted molar refractivity (Wildman–Crippen MR) is 70.2 cm³/mol. The first kappa shape index (κ1) is 16.4. The number of carbonyl (C=O) groups excluding carboxylic acids is 1. The third-order valence-corrected chi connectivity index (χ3v) is 2.24. The van der Waals surface area contributed by atoms with Gasteiger partial charge in [-0.2, -0.15) is 0 Å². The van der Waals surface area contributed by atoms with Crippen LogP contribution in [0.5, 0.6) is 0 Å². The zero-order valence-electron chi connectivity index (χ0n) is 11.4. The molecule has 0 fully saturated rings. The first-order valence-electron chi connectivity index (χ1n) is 6.36. The summed E-state index contributed by atoms with van der Waals surface area (Å²) in [6, 6.07) is 0. The van der Waals surface area contributed by atoms with Gasteiger partial charge in [-0.3, -0.25) is 4.79 Å². The summed E-state index contributed by atoms with van der Waals surface area (Å²) in [6.07, 6.45) is 2.15. The van der Waals surface area contributed by atoms with Crippen LogP contribution in [0.1, 0.15) is 19.8 Å². The smallest absolute Gasteiger partial charge is 0.233 e. The Morgan fingerprint density at radius 3 is 2.65 bits per heavy atom. The SMILES string of the molecule is CCCCNC(=O)CNCCOCCN(C)C. The Morgan fingerprint density at radius 1 is 1.24 bits per heavy atom. The second-order valence-corrected chi connectivity index (χ2v) is 4.30. The van der Waals surface area contributed by atoms with Crippen molar-refractivity contribution >= 4 is 5.91 Å². The van der Waals surface area contributed by atoms with E-state index in [-0.39, 0.29) is 5.91 Å². The molecule has 102 valence electrons. The van der Waals surface area contributed by atoms with Crippen molar-refractivity contribution in [3.63, 3.8) is 0 Å². The predicted octanol–water partition coefficient (Wildman–Crippen LogP) is 0.0705. The molecule has 17 heavy (non-hydrogen) atoms. The highest BCUT2D eigenvalue weighted by atomic mass is 16.5. The van der Waals surface area contributed by atoms with Gasteiger partial charge in [-0.15, -0.1) is 0 Å². The van der Waals surface area contributed by atoms with E-state index in [9.17, 15) is 4.79 Å². The van der Waals surface area contributed by atoms with Crippen LogP contribution in [0.15, 0.2) is 0 Å². The Morgan fingerprint density at radius 2 is 2.00 bits per heavy atom. The van der Waals surface area contributed by atoms with Crippen molar-refractivity contribution in [2.75, 3.05) is 53.5 Å². The molecule has 0 aliphatic carbocycles. The standard InChI is InChI=1S/C12H27N3O2/c1-4-5-6-14-12(16)11-13-7-9-17-10-8-15(2)3/h13H,4-11H2,1-3H3,(H,14,16). The van der Waals surface area contributed by atoms with Crippen LogP contribution >= 0.6 is 0 Å². The maximum absolute atomic E-state index is 11.3. The van der Waals surface area contributed by atoms with Crippen molar-refractivity contribution in [3.05, 3.63) is 0 Å². The maximum atomic E-state index is 11.3. The van der Waals surface area contributed by atoms with Crippen LogP contribution in [0.4, 0.5) is 0 Å². The lowest BCUT2D eigenvalue weighted by molar-refractivity contribution is -0.120. The third-order valence-electron chi connectivity index (χ3n) is 2.24. The molecule has 1 amide bonds. The van der Waals surface area contributed by atoms with Gasteiger partial charge in [0.05, 0.1) is 19.8 Å². The summed E-state index contributed by atoms with van der Waals surface area (Å²) >= 11 is 0. The van der Waals surface area contributed by atoms with Crippen molar-refractivity contribution in [1.82, 2.24) is 15.5 Å². The number of hydrogen-bond acceptors (Lipinski definition) is 4. The van der Waals surface area contributed by atoms with Crippen molar-refractivity contribution < 1.29 is 9.53 Å². The Kier molecular flexibility index (Phi) is 11.4. The number of nitrogens with one attached hydrogen (secondary N) is 2. The van der Waals surface area contributed by atoms with Gasteiger partial charge >= 0.3 is 0 Å². The highest BCUT2D eigenvalue weighted by Gasteiger charge is 1.98. The Bertz CT molecular complexity index is 187. The molecule has 0 radical (unpaired) electrons. The minimum Gasteiger partial charge on any atom is -0.379 e. The number of ether oxygens (including phenoxy) is 1. The van der Waals surface area contributed by atoms with Gasteiger partial charge in [0.2, 0.25) is 5.91 Å². The topological polar surface area (TPSA) is 53.6 Å². The van der Waals surface area contributed by atoms with Gasteiger partial charge in [-0.25, -0.2) is 0 Å². The molecule has 0 aromatic carbocycles.